The third kappa shape index (κ3) is 2.54. The number of nitrogens with one attached hydrogen (secondary N) is 1. The molecule has 1 aliphatic carbocycles. The highest BCUT2D eigenvalue weighted by molar-refractivity contribution is 5.61. The van der Waals surface area contributed by atoms with Crippen LogP contribution < -0.4 is 10.3 Å². The SMILES string of the molecule is N#CC1CC1COc1ncc(-c2ccccc2)c(=O)[nH]1. The summed E-state index contributed by atoms with van der Waals surface area (Å²) >= 11 is 0. The lowest BCUT2D eigenvalue weighted by Gasteiger charge is -2.05. The Balaban J connectivity index is 1.72. The van der Waals surface area contributed by atoms with E-state index in [0.29, 0.717) is 12.2 Å². The maximum atomic E-state index is 12.0. The van der Waals surface area contributed by atoms with E-state index in [0.717, 1.165) is 12.0 Å². The fourth-order valence-corrected chi connectivity index (χ4v) is 2.05. The molecule has 1 N–H and O–H groups in total. The maximum absolute atomic E-state index is 12.0. The number of benzene rings is 1. The minimum atomic E-state index is -0.228. The van der Waals surface area contributed by atoms with E-state index in [1.54, 1.807) is 0 Å². The number of hydrogen-bond donors (Lipinski definition) is 1. The molecule has 5 heteroatoms. The summed E-state index contributed by atoms with van der Waals surface area (Å²) in [5.41, 5.74) is 1.10. The maximum Gasteiger partial charge on any atom is 0.296 e. The highest BCUT2D eigenvalue weighted by Crippen LogP contribution is 2.37. The van der Waals surface area contributed by atoms with Crippen LogP contribution in [-0.2, 0) is 0 Å². The molecule has 0 amide bonds. The molecule has 1 heterocycles. The van der Waals surface area contributed by atoms with Gasteiger partial charge in [0.2, 0.25) is 0 Å². The number of rotatable bonds is 4. The van der Waals surface area contributed by atoms with Crippen LogP contribution in [0.3, 0.4) is 0 Å². The molecule has 0 radical (unpaired) electrons. The van der Waals surface area contributed by atoms with Crippen molar-refractivity contribution in [2.75, 3.05) is 6.61 Å². The molecule has 0 aliphatic heterocycles. The van der Waals surface area contributed by atoms with Gasteiger partial charge in [0.25, 0.3) is 11.6 Å². The topological polar surface area (TPSA) is 78.8 Å². The van der Waals surface area contributed by atoms with Gasteiger partial charge in [0, 0.05) is 12.1 Å². The molecular weight excluding hydrogens is 254 g/mol. The summed E-state index contributed by atoms with van der Waals surface area (Å²) < 4.78 is 5.42. The number of H-pyrrole nitrogens is 1. The largest absolute Gasteiger partial charge is 0.464 e. The standard InChI is InChI=1S/C15H13N3O2/c16-7-11-6-12(11)9-20-15-17-8-13(14(19)18-15)10-4-2-1-3-5-10/h1-5,8,11-12H,6,9H2,(H,17,18,19). The van der Waals surface area contributed by atoms with Crippen molar-refractivity contribution in [3.63, 3.8) is 0 Å². The Bertz CT molecular complexity index is 703. The van der Waals surface area contributed by atoms with E-state index in [9.17, 15) is 4.79 Å². The monoisotopic (exact) mass is 267 g/mol. The summed E-state index contributed by atoms with van der Waals surface area (Å²) in [6.45, 7) is 0.422. The van der Waals surface area contributed by atoms with Crippen molar-refractivity contribution in [3.05, 3.63) is 46.9 Å². The van der Waals surface area contributed by atoms with E-state index in [1.807, 2.05) is 30.3 Å². The van der Waals surface area contributed by atoms with Crippen LogP contribution in [-0.4, -0.2) is 16.6 Å². The summed E-state index contributed by atoms with van der Waals surface area (Å²) in [5.74, 6) is 0.351. The average molecular weight is 267 g/mol. The van der Waals surface area contributed by atoms with Crippen LogP contribution in [0, 0.1) is 23.2 Å². The summed E-state index contributed by atoms with van der Waals surface area (Å²) in [5, 5.41) is 8.70. The van der Waals surface area contributed by atoms with Crippen LogP contribution in [0.25, 0.3) is 11.1 Å². The smallest absolute Gasteiger partial charge is 0.296 e. The Kier molecular flexibility index (Phi) is 3.21. The van der Waals surface area contributed by atoms with Crippen LogP contribution in [0.15, 0.2) is 41.3 Å². The van der Waals surface area contributed by atoms with Crippen molar-refractivity contribution in [1.29, 1.82) is 5.26 Å². The van der Waals surface area contributed by atoms with Crippen molar-refractivity contribution in [2.24, 2.45) is 11.8 Å². The van der Waals surface area contributed by atoms with Crippen LogP contribution in [0.2, 0.25) is 0 Å². The first kappa shape index (κ1) is 12.4. The molecule has 2 aromatic rings. The number of aromatic nitrogens is 2. The van der Waals surface area contributed by atoms with E-state index in [-0.39, 0.29) is 23.4 Å². The number of nitrogens with zero attached hydrogens (tertiary/aromatic N) is 2. The van der Waals surface area contributed by atoms with E-state index < -0.39 is 0 Å². The van der Waals surface area contributed by atoms with Crippen LogP contribution in [0.5, 0.6) is 6.01 Å². The van der Waals surface area contributed by atoms with Gasteiger partial charge in [-0.3, -0.25) is 9.78 Å². The lowest BCUT2D eigenvalue weighted by Crippen LogP contribution is -2.13. The van der Waals surface area contributed by atoms with Gasteiger partial charge in [-0.25, -0.2) is 4.98 Å². The molecule has 0 bridgehead atoms. The Morgan fingerprint density at radius 3 is 2.85 bits per heavy atom. The molecule has 1 aliphatic rings. The molecule has 20 heavy (non-hydrogen) atoms. The Morgan fingerprint density at radius 1 is 1.40 bits per heavy atom. The third-order valence-corrected chi connectivity index (χ3v) is 3.38. The van der Waals surface area contributed by atoms with Crippen molar-refractivity contribution < 1.29 is 4.74 Å². The highest BCUT2D eigenvalue weighted by Gasteiger charge is 2.37. The number of aromatic amines is 1. The molecule has 100 valence electrons. The first-order valence-corrected chi connectivity index (χ1v) is 6.45. The minimum Gasteiger partial charge on any atom is -0.464 e. The molecule has 0 saturated heterocycles. The predicted octanol–water partition coefficient (Wildman–Crippen LogP) is 1.98. The van der Waals surface area contributed by atoms with E-state index in [1.165, 1.54) is 6.20 Å². The van der Waals surface area contributed by atoms with Gasteiger partial charge in [-0.15, -0.1) is 0 Å². The van der Waals surface area contributed by atoms with Gasteiger partial charge >= 0.3 is 0 Å². The van der Waals surface area contributed by atoms with Gasteiger partial charge in [0.05, 0.1) is 24.2 Å². The normalized spacial score (nSPS) is 20.1. The molecule has 2 atom stereocenters. The second-order valence-electron chi connectivity index (χ2n) is 4.84. The minimum absolute atomic E-state index is 0.0883. The van der Waals surface area contributed by atoms with Gasteiger partial charge in [-0.1, -0.05) is 30.3 Å². The second kappa shape index (κ2) is 5.17. The summed E-state index contributed by atoms with van der Waals surface area (Å²) in [7, 11) is 0. The number of ether oxygens (including phenoxy) is 1. The first-order valence-electron chi connectivity index (χ1n) is 6.45. The lowest BCUT2D eigenvalue weighted by molar-refractivity contribution is 0.272. The van der Waals surface area contributed by atoms with Crippen LogP contribution in [0.1, 0.15) is 6.42 Å². The second-order valence-corrected chi connectivity index (χ2v) is 4.84. The molecule has 2 unspecified atom stereocenters. The fraction of sp³-hybridized carbons (Fsp3) is 0.267. The quantitative estimate of drug-likeness (QED) is 0.918. The molecule has 1 fully saturated rings. The lowest BCUT2D eigenvalue weighted by atomic mass is 10.1. The zero-order valence-electron chi connectivity index (χ0n) is 10.7. The number of nitriles is 1. The summed E-state index contributed by atoms with van der Waals surface area (Å²) in [6, 6.07) is 11.7. The summed E-state index contributed by atoms with van der Waals surface area (Å²) in [4.78, 5) is 18.7. The molecule has 1 aromatic heterocycles. The Morgan fingerprint density at radius 2 is 2.20 bits per heavy atom. The van der Waals surface area contributed by atoms with E-state index in [4.69, 9.17) is 10.00 Å². The van der Waals surface area contributed by atoms with Gasteiger partial charge in [-0.2, -0.15) is 5.26 Å². The van der Waals surface area contributed by atoms with Crippen molar-refractivity contribution in [2.45, 2.75) is 6.42 Å². The fourth-order valence-electron chi connectivity index (χ4n) is 2.05. The van der Waals surface area contributed by atoms with Gasteiger partial charge in [0.1, 0.15) is 0 Å². The van der Waals surface area contributed by atoms with Crippen molar-refractivity contribution in [1.82, 2.24) is 9.97 Å². The predicted molar refractivity (Wildman–Crippen MR) is 73.0 cm³/mol. The highest BCUT2D eigenvalue weighted by atomic mass is 16.5. The van der Waals surface area contributed by atoms with Crippen LogP contribution >= 0.6 is 0 Å². The Hall–Kier alpha value is -2.61. The van der Waals surface area contributed by atoms with E-state index >= 15 is 0 Å². The Labute approximate surface area is 115 Å². The average Bonchev–Trinajstić information content (AvgIpc) is 3.25. The zero-order chi connectivity index (χ0) is 13.9. The van der Waals surface area contributed by atoms with Gasteiger partial charge in [-0.05, 0) is 12.0 Å². The zero-order valence-corrected chi connectivity index (χ0v) is 10.7. The molecule has 1 saturated carbocycles. The molecule has 3 rings (SSSR count). The van der Waals surface area contributed by atoms with Gasteiger partial charge < -0.3 is 4.74 Å². The molecule has 0 spiro atoms. The van der Waals surface area contributed by atoms with Crippen molar-refractivity contribution >= 4 is 0 Å². The molecule has 5 nitrogen and oxygen atoms in total. The third-order valence-electron chi connectivity index (χ3n) is 3.38. The van der Waals surface area contributed by atoms with Crippen LogP contribution in [0.4, 0.5) is 0 Å². The van der Waals surface area contributed by atoms with Crippen molar-refractivity contribution in [3.8, 4) is 23.2 Å². The van der Waals surface area contributed by atoms with E-state index in [2.05, 4.69) is 16.0 Å². The number of hydrogen-bond acceptors (Lipinski definition) is 4. The molecule has 1 aromatic carbocycles. The molecular formula is C15H13N3O2. The summed E-state index contributed by atoms with van der Waals surface area (Å²) in [6.07, 6.45) is 2.38. The first-order chi connectivity index (χ1) is 9.78. The van der Waals surface area contributed by atoms with Gasteiger partial charge in [0.15, 0.2) is 0 Å².